The van der Waals surface area contributed by atoms with E-state index in [9.17, 15) is 22.0 Å². The molecule has 0 radical (unpaired) electrons. The highest BCUT2D eigenvalue weighted by molar-refractivity contribution is 7.90. The van der Waals surface area contributed by atoms with Crippen LogP contribution < -0.4 is 4.74 Å². The highest BCUT2D eigenvalue weighted by Crippen LogP contribution is 2.40. The van der Waals surface area contributed by atoms with Gasteiger partial charge in [-0.25, -0.2) is 22.0 Å². The molecule has 0 aromatic heterocycles. The predicted octanol–water partition coefficient (Wildman–Crippen LogP) is 4.34. The van der Waals surface area contributed by atoms with Crippen molar-refractivity contribution in [2.45, 2.75) is 86.4 Å². The summed E-state index contributed by atoms with van der Waals surface area (Å²) in [6.07, 6.45) is 9.00. The van der Waals surface area contributed by atoms with Crippen molar-refractivity contribution >= 4 is 15.9 Å². The number of nitrogens with zero attached hydrogens (tertiary/aromatic N) is 2. The Morgan fingerprint density at radius 1 is 1.06 bits per heavy atom. The fourth-order valence-electron chi connectivity index (χ4n) is 6.41. The van der Waals surface area contributed by atoms with Gasteiger partial charge in [0.05, 0.1) is 11.5 Å². The van der Waals surface area contributed by atoms with Gasteiger partial charge in [-0.2, -0.15) is 0 Å². The van der Waals surface area contributed by atoms with Gasteiger partial charge in [-0.05, 0) is 81.9 Å². The average Bonchev–Trinajstić information content (AvgIpc) is 3.09. The van der Waals surface area contributed by atoms with E-state index >= 15 is 0 Å². The topological polar surface area (TPSA) is 76.2 Å². The van der Waals surface area contributed by atoms with Crippen LogP contribution in [0.5, 0.6) is 5.75 Å². The van der Waals surface area contributed by atoms with Gasteiger partial charge in [0.2, 0.25) is 0 Å². The molecule has 2 heterocycles. The molecule has 1 aromatic carbocycles. The summed E-state index contributed by atoms with van der Waals surface area (Å²) in [4.78, 5) is 17.1. The van der Waals surface area contributed by atoms with Crippen LogP contribution in [0, 0.1) is 11.7 Å². The Hall–Kier alpha value is -1.94. The summed E-state index contributed by atoms with van der Waals surface area (Å²) in [7, 11) is -3.46. The predicted molar refractivity (Wildman–Crippen MR) is 130 cm³/mol. The molecule has 1 aromatic rings. The molecule has 2 bridgehead atoms. The van der Waals surface area contributed by atoms with E-state index in [0.717, 1.165) is 57.3 Å². The van der Waals surface area contributed by atoms with Crippen LogP contribution in [0.15, 0.2) is 23.1 Å². The molecule has 2 aliphatic carbocycles. The summed E-state index contributed by atoms with van der Waals surface area (Å²) in [5, 5.41) is 0. The van der Waals surface area contributed by atoms with Crippen molar-refractivity contribution in [3.63, 3.8) is 0 Å². The van der Waals surface area contributed by atoms with Crippen LogP contribution >= 0.6 is 0 Å². The first-order valence-corrected chi connectivity index (χ1v) is 15.0. The van der Waals surface area contributed by atoms with Gasteiger partial charge in [0.15, 0.2) is 21.4 Å². The lowest BCUT2D eigenvalue weighted by atomic mass is 9.81. The molecule has 0 spiro atoms. The standard InChI is InChI=1S/C26H36F2N2O5S/c1-36(32,33)22-9-10-24(23(28)13-22)34-16-18-3-5-19(6-4-18)30-20-7-8-21(30)15-29(14-20)25(31)35-26(17-27)11-2-12-26/h9-10,13,18-21H,2-8,11-12,14-17H2,1H3/t18-,19-,20?,21?. The lowest BCUT2D eigenvalue weighted by Crippen LogP contribution is -2.60. The highest BCUT2D eigenvalue weighted by Gasteiger charge is 2.47. The number of carbonyl (C=O) groups excluding carboxylic acids is 1. The summed E-state index contributed by atoms with van der Waals surface area (Å²) in [6.45, 7) is 1.09. The lowest BCUT2D eigenvalue weighted by molar-refractivity contribution is -0.0834. The number of benzene rings is 1. The van der Waals surface area contributed by atoms with Crippen LogP contribution in [0.1, 0.15) is 57.8 Å². The molecule has 4 fully saturated rings. The second kappa shape index (κ2) is 10.1. The van der Waals surface area contributed by atoms with Crippen molar-refractivity contribution in [2.75, 3.05) is 32.6 Å². The Morgan fingerprint density at radius 2 is 1.69 bits per heavy atom. The summed E-state index contributed by atoms with van der Waals surface area (Å²) < 4.78 is 62.2. The number of hydrogen-bond acceptors (Lipinski definition) is 6. The van der Waals surface area contributed by atoms with Crippen LogP contribution in [0.3, 0.4) is 0 Å². The number of halogens is 2. The molecule has 200 valence electrons. The normalized spacial score (nSPS) is 30.0. The van der Waals surface area contributed by atoms with Crippen molar-refractivity contribution in [2.24, 2.45) is 5.92 Å². The zero-order chi connectivity index (χ0) is 25.5. The minimum atomic E-state index is -3.46. The van der Waals surface area contributed by atoms with E-state index in [-0.39, 0.29) is 16.7 Å². The van der Waals surface area contributed by atoms with Crippen LogP contribution in [-0.2, 0) is 14.6 Å². The van der Waals surface area contributed by atoms with Gasteiger partial charge >= 0.3 is 6.09 Å². The zero-order valence-electron chi connectivity index (χ0n) is 20.8. The number of ether oxygens (including phenoxy) is 2. The number of likely N-dealkylation sites (tertiary alicyclic amines) is 1. The van der Waals surface area contributed by atoms with Gasteiger partial charge in [-0.3, -0.25) is 4.90 Å². The van der Waals surface area contributed by atoms with E-state index in [2.05, 4.69) is 4.90 Å². The van der Waals surface area contributed by atoms with Crippen LogP contribution in [-0.4, -0.2) is 80.7 Å². The first-order valence-electron chi connectivity index (χ1n) is 13.1. The molecule has 2 aliphatic heterocycles. The molecular weight excluding hydrogens is 490 g/mol. The number of rotatable bonds is 7. The first kappa shape index (κ1) is 25.7. The number of fused-ring (bicyclic) bond motifs is 2. The van der Waals surface area contributed by atoms with Crippen molar-refractivity contribution in [3.8, 4) is 5.75 Å². The van der Waals surface area contributed by atoms with Crippen LogP contribution in [0.4, 0.5) is 13.6 Å². The van der Waals surface area contributed by atoms with Crippen molar-refractivity contribution in [1.29, 1.82) is 0 Å². The highest BCUT2D eigenvalue weighted by atomic mass is 32.2. The number of alkyl halides is 1. The number of carbonyl (C=O) groups is 1. The second-order valence-electron chi connectivity index (χ2n) is 11.1. The molecule has 10 heteroatoms. The molecule has 5 rings (SSSR count). The maximum atomic E-state index is 14.3. The van der Waals surface area contributed by atoms with Gasteiger partial charge in [0.25, 0.3) is 0 Å². The van der Waals surface area contributed by atoms with E-state index in [4.69, 9.17) is 9.47 Å². The summed E-state index contributed by atoms with van der Waals surface area (Å²) in [6, 6.07) is 4.88. The molecule has 0 N–H and O–H groups in total. The summed E-state index contributed by atoms with van der Waals surface area (Å²) in [5.74, 6) is -0.250. The third kappa shape index (κ3) is 5.21. The van der Waals surface area contributed by atoms with Gasteiger partial charge in [0, 0.05) is 37.5 Å². The SMILES string of the molecule is CS(=O)(=O)c1ccc(OC[C@H]2CC[C@H](N3C4CCC3CN(C(=O)OC3(CF)CCC3)C4)CC2)c(F)c1. The Bertz CT molecular complexity index is 1050. The maximum absolute atomic E-state index is 14.3. The van der Waals surface area contributed by atoms with Crippen molar-refractivity contribution in [3.05, 3.63) is 24.0 Å². The molecule has 1 amide bonds. The number of sulfone groups is 1. The molecule has 2 unspecified atom stereocenters. The third-order valence-corrected chi connectivity index (χ3v) is 9.76. The molecule has 4 aliphatic rings. The van der Waals surface area contributed by atoms with Crippen LogP contribution in [0.2, 0.25) is 0 Å². The van der Waals surface area contributed by atoms with Crippen LogP contribution in [0.25, 0.3) is 0 Å². The van der Waals surface area contributed by atoms with E-state index in [1.54, 1.807) is 4.90 Å². The van der Waals surface area contributed by atoms with E-state index < -0.39 is 27.9 Å². The molecule has 2 atom stereocenters. The first-order chi connectivity index (χ1) is 17.2. The Labute approximate surface area is 212 Å². The molecule has 7 nitrogen and oxygen atoms in total. The number of amides is 1. The quantitative estimate of drug-likeness (QED) is 0.526. The second-order valence-corrected chi connectivity index (χ2v) is 13.1. The lowest BCUT2D eigenvalue weighted by Gasteiger charge is -2.47. The van der Waals surface area contributed by atoms with Crippen molar-refractivity contribution in [1.82, 2.24) is 9.80 Å². The smallest absolute Gasteiger partial charge is 0.410 e. The molecule has 2 saturated heterocycles. The zero-order valence-corrected chi connectivity index (χ0v) is 21.7. The Morgan fingerprint density at radius 3 is 2.22 bits per heavy atom. The summed E-state index contributed by atoms with van der Waals surface area (Å²) >= 11 is 0. The average molecular weight is 527 g/mol. The third-order valence-electron chi connectivity index (χ3n) is 8.65. The minimum absolute atomic E-state index is 0.0548. The number of piperazine rings is 1. The maximum Gasteiger partial charge on any atom is 0.410 e. The molecular formula is C26H36F2N2O5S. The monoisotopic (exact) mass is 526 g/mol. The van der Waals surface area contributed by atoms with Crippen molar-refractivity contribution < 1.29 is 31.5 Å². The Balaban J connectivity index is 1.10. The largest absolute Gasteiger partial charge is 0.490 e. The van der Waals surface area contributed by atoms with E-state index in [0.29, 0.717) is 56.6 Å². The van der Waals surface area contributed by atoms with E-state index in [1.807, 2.05) is 0 Å². The fraction of sp³-hybridized carbons (Fsp3) is 0.731. The Kier molecular flexibility index (Phi) is 7.20. The van der Waals surface area contributed by atoms with Gasteiger partial charge in [-0.1, -0.05) is 0 Å². The minimum Gasteiger partial charge on any atom is -0.490 e. The summed E-state index contributed by atoms with van der Waals surface area (Å²) in [5.41, 5.74) is -0.883. The molecule has 2 saturated carbocycles. The fourth-order valence-corrected chi connectivity index (χ4v) is 7.04. The van der Waals surface area contributed by atoms with Gasteiger partial charge < -0.3 is 14.4 Å². The number of hydrogen-bond donors (Lipinski definition) is 0. The molecule has 36 heavy (non-hydrogen) atoms. The van der Waals surface area contributed by atoms with Gasteiger partial charge in [-0.15, -0.1) is 0 Å². The van der Waals surface area contributed by atoms with E-state index in [1.165, 1.54) is 12.1 Å². The van der Waals surface area contributed by atoms with Gasteiger partial charge in [0.1, 0.15) is 12.3 Å².